The third kappa shape index (κ3) is 2.84. The van der Waals surface area contributed by atoms with Crippen molar-refractivity contribution in [1.82, 2.24) is 5.32 Å². The lowest BCUT2D eigenvalue weighted by Crippen LogP contribution is -2.39. The van der Waals surface area contributed by atoms with Gasteiger partial charge in [-0.25, -0.2) is 0 Å². The molecular weight excluding hydrogens is 218 g/mol. The average Bonchev–Trinajstić information content (AvgIpc) is 2.70. The van der Waals surface area contributed by atoms with Crippen molar-refractivity contribution in [2.75, 3.05) is 6.61 Å². The Hall–Kier alpha value is -1.39. The normalized spacial score (nSPS) is 25.6. The number of ether oxygens (including phenoxy) is 1. The molecule has 0 amide bonds. The SMILES string of the molecule is C[C@@H](N[C@H]1CC(=O)O[C@@H]1CO)c1ccccc1. The molecule has 1 aromatic carbocycles. The Morgan fingerprint density at radius 1 is 1.47 bits per heavy atom. The number of esters is 1. The molecule has 4 nitrogen and oxygen atoms in total. The van der Waals surface area contributed by atoms with Gasteiger partial charge in [0.2, 0.25) is 0 Å². The lowest BCUT2D eigenvalue weighted by molar-refractivity contribution is -0.142. The summed E-state index contributed by atoms with van der Waals surface area (Å²) in [6.07, 6.45) is -0.101. The molecule has 0 aromatic heterocycles. The molecule has 0 unspecified atom stereocenters. The number of cyclic esters (lactones) is 1. The monoisotopic (exact) mass is 235 g/mol. The minimum absolute atomic E-state index is 0.109. The van der Waals surface area contributed by atoms with Gasteiger partial charge in [0, 0.05) is 6.04 Å². The van der Waals surface area contributed by atoms with E-state index < -0.39 is 6.10 Å². The molecule has 1 heterocycles. The molecule has 0 aliphatic carbocycles. The number of carbonyl (C=O) groups excluding carboxylic acids is 1. The van der Waals surface area contributed by atoms with Gasteiger partial charge in [-0.05, 0) is 12.5 Å². The first kappa shape index (κ1) is 12.1. The summed E-state index contributed by atoms with van der Waals surface area (Å²) in [4.78, 5) is 11.2. The molecule has 0 saturated carbocycles. The second-order valence-electron chi connectivity index (χ2n) is 4.32. The molecule has 0 spiro atoms. The average molecular weight is 235 g/mol. The Labute approximate surface area is 101 Å². The van der Waals surface area contributed by atoms with Crippen molar-refractivity contribution in [3.05, 3.63) is 35.9 Å². The van der Waals surface area contributed by atoms with E-state index in [1.165, 1.54) is 0 Å². The van der Waals surface area contributed by atoms with E-state index >= 15 is 0 Å². The third-order valence-electron chi connectivity index (χ3n) is 3.06. The highest BCUT2D eigenvalue weighted by Crippen LogP contribution is 2.19. The Balaban J connectivity index is 1.99. The predicted molar refractivity (Wildman–Crippen MR) is 63.4 cm³/mol. The van der Waals surface area contributed by atoms with Gasteiger partial charge in [0.15, 0.2) is 0 Å². The molecule has 1 saturated heterocycles. The van der Waals surface area contributed by atoms with Crippen LogP contribution in [0.5, 0.6) is 0 Å². The van der Waals surface area contributed by atoms with Crippen molar-refractivity contribution in [1.29, 1.82) is 0 Å². The first-order valence-corrected chi connectivity index (χ1v) is 5.82. The molecule has 0 bridgehead atoms. The fourth-order valence-electron chi connectivity index (χ4n) is 2.10. The van der Waals surface area contributed by atoms with E-state index in [2.05, 4.69) is 5.32 Å². The van der Waals surface area contributed by atoms with Crippen LogP contribution in [0.3, 0.4) is 0 Å². The molecule has 17 heavy (non-hydrogen) atoms. The van der Waals surface area contributed by atoms with Gasteiger partial charge in [0.1, 0.15) is 6.10 Å². The first-order valence-electron chi connectivity index (χ1n) is 5.82. The summed E-state index contributed by atoms with van der Waals surface area (Å²) >= 11 is 0. The highest BCUT2D eigenvalue weighted by molar-refractivity contribution is 5.72. The number of rotatable bonds is 4. The maximum absolute atomic E-state index is 11.2. The zero-order chi connectivity index (χ0) is 12.3. The first-order chi connectivity index (χ1) is 8.20. The summed E-state index contributed by atoms with van der Waals surface area (Å²) in [7, 11) is 0. The lowest BCUT2D eigenvalue weighted by Gasteiger charge is -2.22. The number of benzene rings is 1. The summed E-state index contributed by atoms with van der Waals surface area (Å²) in [6.45, 7) is 1.90. The van der Waals surface area contributed by atoms with Gasteiger partial charge in [-0.2, -0.15) is 0 Å². The van der Waals surface area contributed by atoms with Crippen LogP contribution in [0.15, 0.2) is 30.3 Å². The Bertz CT molecular complexity index is 380. The van der Waals surface area contributed by atoms with Crippen LogP contribution in [-0.2, 0) is 9.53 Å². The van der Waals surface area contributed by atoms with E-state index in [1.807, 2.05) is 37.3 Å². The number of aliphatic hydroxyl groups is 1. The minimum Gasteiger partial charge on any atom is -0.458 e. The van der Waals surface area contributed by atoms with Gasteiger partial charge in [-0.3, -0.25) is 4.79 Å². The number of aliphatic hydroxyl groups excluding tert-OH is 1. The molecule has 3 atom stereocenters. The lowest BCUT2D eigenvalue weighted by atomic mass is 10.1. The Morgan fingerprint density at radius 3 is 2.82 bits per heavy atom. The Morgan fingerprint density at radius 2 is 2.18 bits per heavy atom. The topological polar surface area (TPSA) is 58.6 Å². The molecule has 92 valence electrons. The molecule has 1 fully saturated rings. The van der Waals surface area contributed by atoms with E-state index in [4.69, 9.17) is 9.84 Å². The fourth-order valence-corrected chi connectivity index (χ4v) is 2.10. The fraction of sp³-hybridized carbons (Fsp3) is 0.462. The molecule has 1 aromatic rings. The third-order valence-corrected chi connectivity index (χ3v) is 3.06. The van der Waals surface area contributed by atoms with E-state index in [-0.39, 0.29) is 24.7 Å². The summed E-state index contributed by atoms with van der Waals surface area (Å²) in [5.41, 5.74) is 1.16. The molecule has 2 N–H and O–H groups in total. The molecule has 1 aliphatic heterocycles. The van der Waals surface area contributed by atoms with Crippen LogP contribution >= 0.6 is 0 Å². The van der Waals surface area contributed by atoms with Gasteiger partial charge < -0.3 is 15.2 Å². The summed E-state index contributed by atoms with van der Waals surface area (Å²) in [5, 5.41) is 12.4. The van der Waals surface area contributed by atoms with Crippen molar-refractivity contribution in [2.24, 2.45) is 0 Å². The van der Waals surface area contributed by atoms with Crippen molar-refractivity contribution < 1.29 is 14.6 Å². The number of hydrogen-bond donors (Lipinski definition) is 2. The molecular formula is C13H17NO3. The van der Waals surface area contributed by atoms with Gasteiger partial charge in [0.05, 0.1) is 19.1 Å². The second-order valence-corrected chi connectivity index (χ2v) is 4.32. The van der Waals surface area contributed by atoms with Crippen LogP contribution in [0, 0.1) is 0 Å². The molecule has 4 heteroatoms. The highest BCUT2D eigenvalue weighted by Gasteiger charge is 2.34. The highest BCUT2D eigenvalue weighted by atomic mass is 16.6. The quantitative estimate of drug-likeness (QED) is 0.765. The number of nitrogens with one attached hydrogen (secondary N) is 1. The van der Waals surface area contributed by atoms with E-state index in [0.717, 1.165) is 5.56 Å². The van der Waals surface area contributed by atoms with Crippen LogP contribution in [0.25, 0.3) is 0 Å². The van der Waals surface area contributed by atoms with Gasteiger partial charge in [-0.1, -0.05) is 30.3 Å². The standard InChI is InChI=1S/C13H17NO3/c1-9(10-5-3-2-4-6-10)14-11-7-13(16)17-12(11)8-15/h2-6,9,11-12,14-15H,7-8H2,1H3/t9-,11+,12-/m1/s1. The van der Waals surface area contributed by atoms with Gasteiger partial charge >= 0.3 is 5.97 Å². The van der Waals surface area contributed by atoms with Crippen molar-refractivity contribution in [3.63, 3.8) is 0 Å². The minimum atomic E-state index is -0.423. The maximum atomic E-state index is 11.2. The van der Waals surface area contributed by atoms with Crippen molar-refractivity contribution in [2.45, 2.75) is 31.5 Å². The number of hydrogen-bond acceptors (Lipinski definition) is 4. The van der Waals surface area contributed by atoms with Crippen LogP contribution in [0.4, 0.5) is 0 Å². The van der Waals surface area contributed by atoms with E-state index in [1.54, 1.807) is 0 Å². The zero-order valence-electron chi connectivity index (χ0n) is 9.80. The molecule has 1 aliphatic rings. The summed E-state index contributed by atoms with van der Waals surface area (Å²) in [5.74, 6) is -0.248. The summed E-state index contributed by atoms with van der Waals surface area (Å²) in [6, 6.07) is 10.0. The second kappa shape index (κ2) is 5.29. The summed E-state index contributed by atoms with van der Waals surface area (Å²) < 4.78 is 5.01. The largest absolute Gasteiger partial charge is 0.458 e. The van der Waals surface area contributed by atoms with Crippen LogP contribution < -0.4 is 5.32 Å². The van der Waals surface area contributed by atoms with E-state index in [0.29, 0.717) is 6.42 Å². The molecule has 0 radical (unpaired) electrons. The van der Waals surface area contributed by atoms with Gasteiger partial charge in [-0.15, -0.1) is 0 Å². The van der Waals surface area contributed by atoms with Crippen LogP contribution in [0.2, 0.25) is 0 Å². The number of carbonyl (C=O) groups is 1. The smallest absolute Gasteiger partial charge is 0.307 e. The van der Waals surface area contributed by atoms with Crippen molar-refractivity contribution >= 4 is 5.97 Å². The van der Waals surface area contributed by atoms with E-state index in [9.17, 15) is 4.79 Å². The molecule has 2 rings (SSSR count). The zero-order valence-corrected chi connectivity index (χ0v) is 9.80. The van der Waals surface area contributed by atoms with Crippen LogP contribution in [-0.4, -0.2) is 29.8 Å². The van der Waals surface area contributed by atoms with Crippen molar-refractivity contribution in [3.8, 4) is 0 Å². The Kier molecular flexibility index (Phi) is 3.76. The maximum Gasteiger partial charge on any atom is 0.307 e. The predicted octanol–water partition coefficient (Wildman–Crippen LogP) is 1.01. The van der Waals surface area contributed by atoms with Crippen LogP contribution in [0.1, 0.15) is 24.9 Å². The van der Waals surface area contributed by atoms with Gasteiger partial charge in [0.25, 0.3) is 0 Å².